The Kier molecular flexibility index (Phi) is 7.38. The number of rotatable bonds is 9. The second-order valence-electron chi connectivity index (χ2n) is 6.62. The Morgan fingerprint density at radius 3 is 2.69 bits per heavy atom. The molecule has 0 aliphatic carbocycles. The lowest BCUT2D eigenvalue weighted by Crippen LogP contribution is -2.25. The molecule has 2 aromatic rings. The number of aromatic nitrogens is 1. The van der Waals surface area contributed by atoms with E-state index in [0.717, 1.165) is 11.3 Å². The fourth-order valence-electron chi connectivity index (χ4n) is 2.85. The molecule has 7 nitrogen and oxygen atoms in total. The minimum atomic E-state index is -2.92. The highest BCUT2D eigenvalue weighted by molar-refractivity contribution is 8.02. The summed E-state index contributed by atoms with van der Waals surface area (Å²) in [7, 11) is -2.92. The molecule has 0 spiro atoms. The summed E-state index contributed by atoms with van der Waals surface area (Å²) in [6.45, 7) is 2.88. The van der Waals surface area contributed by atoms with E-state index in [1.165, 1.54) is 11.8 Å². The molecule has 9 heteroatoms. The van der Waals surface area contributed by atoms with E-state index >= 15 is 0 Å². The zero-order valence-corrected chi connectivity index (χ0v) is 17.8. The van der Waals surface area contributed by atoms with E-state index in [9.17, 15) is 13.2 Å². The van der Waals surface area contributed by atoms with Crippen molar-refractivity contribution in [2.45, 2.75) is 25.1 Å². The monoisotopic (exact) mass is 436 g/mol. The van der Waals surface area contributed by atoms with Gasteiger partial charge >= 0.3 is 0 Å². The number of hydrogen-bond donors (Lipinski definition) is 1. The molecule has 156 valence electrons. The second kappa shape index (κ2) is 9.98. The van der Waals surface area contributed by atoms with Gasteiger partial charge in [0.25, 0.3) is 0 Å². The van der Waals surface area contributed by atoms with Crippen LogP contribution in [0.1, 0.15) is 18.9 Å². The predicted molar refractivity (Wildman–Crippen MR) is 113 cm³/mol. The molecule has 29 heavy (non-hydrogen) atoms. The highest BCUT2D eigenvalue weighted by Gasteiger charge is 2.28. The number of carbonyl (C=O) groups is 1. The third-order valence-electron chi connectivity index (χ3n) is 4.29. The molecule has 1 saturated heterocycles. The highest BCUT2D eigenvalue weighted by atomic mass is 32.2. The number of amides is 1. The van der Waals surface area contributed by atoms with Crippen molar-refractivity contribution in [3.05, 3.63) is 48.2 Å². The van der Waals surface area contributed by atoms with Crippen molar-refractivity contribution >= 4 is 27.5 Å². The fraction of sp³-hybridized carbons (Fsp3) is 0.400. The number of thioether (sulfide) groups is 1. The molecular formula is C20H24N2O5S2. The Labute approximate surface area is 175 Å². The molecule has 1 aliphatic rings. The van der Waals surface area contributed by atoms with Gasteiger partial charge in [-0.15, -0.1) is 11.8 Å². The third kappa shape index (κ3) is 6.93. The Bertz CT molecular complexity index is 932. The molecule has 1 aliphatic heterocycles. The van der Waals surface area contributed by atoms with Gasteiger partial charge < -0.3 is 14.8 Å². The van der Waals surface area contributed by atoms with E-state index < -0.39 is 9.84 Å². The van der Waals surface area contributed by atoms with Gasteiger partial charge in [0.2, 0.25) is 11.8 Å². The van der Waals surface area contributed by atoms with E-state index in [1.54, 1.807) is 12.3 Å². The summed E-state index contributed by atoms with van der Waals surface area (Å²) >= 11 is 1.40. The predicted octanol–water partition coefficient (Wildman–Crippen LogP) is 2.81. The van der Waals surface area contributed by atoms with Crippen LogP contribution in [0.5, 0.6) is 17.4 Å². The summed E-state index contributed by atoms with van der Waals surface area (Å²) in [4.78, 5) is 16.3. The zero-order valence-electron chi connectivity index (χ0n) is 16.2. The van der Waals surface area contributed by atoms with Gasteiger partial charge in [-0.25, -0.2) is 13.4 Å². The number of sulfone groups is 1. The standard InChI is InChI=1S/C20H24N2O5S2/c1-2-26-16-3-5-17(6-4-16)27-20-11-15(7-9-21-20)12-22-19(23)13-28-18-8-10-29(24,25)14-18/h3-7,9,11,18H,2,8,10,12-14H2,1H3,(H,22,23). The lowest BCUT2D eigenvalue weighted by atomic mass is 10.2. The molecule has 0 saturated carbocycles. The van der Waals surface area contributed by atoms with Crippen molar-refractivity contribution in [1.82, 2.24) is 10.3 Å². The summed E-state index contributed by atoms with van der Waals surface area (Å²) in [5.74, 6) is 2.38. The van der Waals surface area contributed by atoms with Crippen LogP contribution >= 0.6 is 11.8 Å². The topological polar surface area (TPSA) is 94.6 Å². The van der Waals surface area contributed by atoms with Gasteiger partial charge in [-0.05, 0) is 49.2 Å². The van der Waals surface area contributed by atoms with Crippen LogP contribution in [0.2, 0.25) is 0 Å². The van der Waals surface area contributed by atoms with Crippen molar-refractivity contribution in [3.8, 4) is 17.4 Å². The van der Waals surface area contributed by atoms with Crippen molar-refractivity contribution < 1.29 is 22.7 Å². The van der Waals surface area contributed by atoms with Crippen LogP contribution in [0.15, 0.2) is 42.6 Å². The smallest absolute Gasteiger partial charge is 0.230 e. The molecule has 1 amide bonds. The second-order valence-corrected chi connectivity index (χ2v) is 10.1. The average molecular weight is 437 g/mol. The normalized spacial score (nSPS) is 17.6. The number of nitrogens with one attached hydrogen (secondary N) is 1. The number of nitrogens with zero attached hydrogens (tertiary/aromatic N) is 1. The summed E-state index contributed by atoms with van der Waals surface area (Å²) in [6, 6.07) is 10.9. The molecular weight excluding hydrogens is 412 g/mol. The van der Waals surface area contributed by atoms with Crippen LogP contribution in [0, 0.1) is 0 Å². The number of carbonyl (C=O) groups excluding carboxylic acids is 1. The minimum Gasteiger partial charge on any atom is -0.494 e. The maximum Gasteiger partial charge on any atom is 0.230 e. The van der Waals surface area contributed by atoms with Crippen molar-refractivity contribution in [2.24, 2.45) is 0 Å². The fourth-order valence-corrected chi connectivity index (χ4v) is 6.32. The SMILES string of the molecule is CCOc1ccc(Oc2cc(CNC(=O)CSC3CCS(=O)(=O)C3)ccn2)cc1. The Morgan fingerprint density at radius 1 is 1.24 bits per heavy atom. The van der Waals surface area contributed by atoms with Crippen LogP contribution < -0.4 is 14.8 Å². The summed E-state index contributed by atoms with van der Waals surface area (Å²) in [5.41, 5.74) is 0.864. The molecule has 0 bridgehead atoms. The summed E-state index contributed by atoms with van der Waals surface area (Å²) in [5, 5.41) is 2.86. The van der Waals surface area contributed by atoms with Crippen LogP contribution in [0.3, 0.4) is 0 Å². The van der Waals surface area contributed by atoms with Gasteiger partial charge in [0, 0.05) is 24.1 Å². The maximum absolute atomic E-state index is 12.1. The van der Waals surface area contributed by atoms with Gasteiger partial charge in [0.15, 0.2) is 9.84 Å². The zero-order chi connectivity index (χ0) is 20.7. The van der Waals surface area contributed by atoms with E-state index in [-0.39, 0.29) is 28.4 Å². The quantitative estimate of drug-likeness (QED) is 0.646. The average Bonchev–Trinajstić information content (AvgIpc) is 3.06. The van der Waals surface area contributed by atoms with Crippen LogP contribution in [0.25, 0.3) is 0 Å². The number of pyridine rings is 1. The lowest BCUT2D eigenvalue weighted by Gasteiger charge is -2.10. The van der Waals surface area contributed by atoms with Crippen LogP contribution in [-0.4, -0.2) is 48.4 Å². The van der Waals surface area contributed by atoms with Crippen LogP contribution in [0.4, 0.5) is 0 Å². The number of ether oxygens (including phenoxy) is 2. The Hall–Kier alpha value is -2.26. The van der Waals surface area contributed by atoms with Gasteiger partial charge in [-0.2, -0.15) is 0 Å². The molecule has 1 aromatic carbocycles. The summed E-state index contributed by atoms with van der Waals surface area (Å²) in [6.07, 6.45) is 2.25. The molecule has 1 aromatic heterocycles. The van der Waals surface area contributed by atoms with E-state index in [1.807, 2.05) is 37.3 Å². The lowest BCUT2D eigenvalue weighted by molar-refractivity contribution is -0.118. The van der Waals surface area contributed by atoms with Crippen LogP contribution in [-0.2, 0) is 21.2 Å². The minimum absolute atomic E-state index is 0.0146. The molecule has 1 N–H and O–H groups in total. The van der Waals surface area contributed by atoms with E-state index in [2.05, 4.69) is 10.3 Å². The molecule has 0 radical (unpaired) electrons. The highest BCUT2D eigenvalue weighted by Crippen LogP contribution is 2.24. The maximum atomic E-state index is 12.1. The first kappa shape index (κ1) is 21.4. The first-order valence-electron chi connectivity index (χ1n) is 9.38. The molecule has 3 rings (SSSR count). The van der Waals surface area contributed by atoms with Crippen molar-refractivity contribution in [3.63, 3.8) is 0 Å². The van der Waals surface area contributed by atoms with Gasteiger partial charge in [0.1, 0.15) is 11.5 Å². The van der Waals surface area contributed by atoms with Crippen molar-refractivity contribution in [2.75, 3.05) is 23.9 Å². The summed E-state index contributed by atoms with van der Waals surface area (Å²) < 4.78 is 34.1. The largest absolute Gasteiger partial charge is 0.494 e. The van der Waals surface area contributed by atoms with Gasteiger partial charge in [0.05, 0.1) is 23.9 Å². The molecule has 2 heterocycles. The Balaban J connectivity index is 1.46. The molecule has 1 unspecified atom stereocenters. The third-order valence-corrected chi connectivity index (χ3v) is 7.57. The first-order chi connectivity index (χ1) is 13.9. The first-order valence-corrected chi connectivity index (χ1v) is 12.2. The van der Waals surface area contributed by atoms with E-state index in [4.69, 9.17) is 9.47 Å². The number of hydrogen-bond acceptors (Lipinski definition) is 7. The number of benzene rings is 1. The molecule has 1 fully saturated rings. The van der Waals surface area contributed by atoms with Gasteiger partial charge in [-0.3, -0.25) is 4.79 Å². The Morgan fingerprint density at radius 2 is 2.00 bits per heavy atom. The van der Waals surface area contributed by atoms with Gasteiger partial charge in [-0.1, -0.05) is 0 Å². The van der Waals surface area contributed by atoms with E-state index in [0.29, 0.717) is 31.2 Å². The van der Waals surface area contributed by atoms with Crippen molar-refractivity contribution in [1.29, 1.82) is 0 Å². The molecule has 1 atom stereocenters.